The summed E-state index contributed by atoms with van der Waals surface area (Å²) in [5.74, 6) is 0.873. The zero-order valence-corrected chi connectivity index (χ0v) is 5.59. The first-order valence-corrected chi connectivity index (χ1v) is 2.86. The molecule has 9 heavy (non-hydrogen) atoms. The molecule has 1 aliphatic heterocycles. The van der Waals surface area contributed by atoms with E-state index in [1.54, 1.807) is 19.6 Å². The fourth-order valence-electron chi connectivity index (χ4n) is 0.689. The minimum atomic E-state index is 0.257. The molecule has 0 fully saturated rings. The van der Waals surface area contributed by atoms with E-state index in [2.05, 4.69) is 10.3 Å². The van der Waals surface area contributed by atoms with Gasteiger partial charge in [0.1, 0.15) is 5.76 Å². The number of rotatable bonds is 1. The summed E-state index contributed by atoms with van der Waals surface area (Å²) in [6.07, 6.45) is 3.37. The van der Waals surface area contributed by atoms with Crippen molar-refractivity contribution in [1.82, 2.24) is 5.32 Å². The minimum absolute atomic E-state index is 0.257. The average Bonchev–Trinajstić information content (AvgIpc) is 1.89. The fourth-order valence-corrected chi connectivity index (χ4v) is 0.689. The Labute approximate surface area is 54.4 Å². The summed E-state index contributed by atoms with van der Waals surface area (Å²) in [5, 5.41) is 3.00. The first-order chi connectivity index (χ1) is 4.34. The second-order valence-electron chi connectivity index (χ2n) is 1.90. The summed E-state index contributed by atoms with van der Waals surface area (Å²) >= 11 is 0. The number of hydrogen-bond acceptors (Lipinski definition) is 3. The zero-order valence-electron chi connectivity index (χ0n) is 5.59. The van der Waals surface area contributed by atoms with Crippen LogP contribution in [0.5, 0.6) is 0 Å². The van der Waals surface area contributed by atoms with Gasteiger partial charge in [-0.05, 0) is 6.92 Å². The number of ether oxygens (including phenoxy) is 1. The Morgan fingerprint density at radius 1 is 1.78 bits per heavy atom. The molecule has 0 aliphatic carbocycles. The van der Waals surface area contributed by atoms with Crippen molar-refractivity contribution in [3.05, 3.63) is 12.0 Å². The van der Waals surface area contributed by atoms with Crippen LogP contribution in [0.1, 0.15) is 6.92 Å². The van der Waals surface area contributed by atoms with Gasteiger partial charge in [-0.2, -0.15) is 0 Å². The zero-order chi connectivity index (χ0) is 6.69. The lowest BCUT2D eigenvalue weighted by Gasteiger charge is -2.16. The van der Waals surface area contributed by atoms with Gasteiger partial charge in [-0.25, -0.2) is 4.99 Å². The van der Waals surface area contributed by atoms with Crippen LogP contribution in [0.3, 0.4) is 0 Å². The molecule has 0 aromatic heterocycles. The monoisotopic (exact) mass is 126 g/mol. The standard InChI is InChI=1S/C6H10N2O/c1-5-6(9-2)3-7-4-8-5/h3-5H,1-2H3,(H,7,8). The maximum absolute atomic E-state index is 4.99. The highest BCUT2D eigenvalue weighted by Gasteiger charge is 2.08. The van der Waals surface area contributed by atoms with Gasteiger partial charge in [0.05, 0.1) is 25.7 Å². The molecular weight excluding hydrogens is 116 g/mol. The summed E-state index contributed by atoms with van der Waals surface area (Å²) in [5.41, 5.74) is 0. The molecule has 1 N–H and O–H groups in total. The maximum atomic E-state index is 4.99. The normalized spacial score (nSPS) is 24.7. The molecule has 0 spiro atoms. The van der Waals surface area contributed by atoms with Crippen molar-refractivity contribution in [3.8, 4) is 0 Å². The van der Waals surface area contributed by atoms with Gasteiger partial charge in [0.25, 0.3) is 0 Å². The van der Waals surface area contributed by atoms with Crippen LogP contribution >= 0.6 is 0 Å². The van der Waals surface area contributed by atoms with Gasteiger partial charge >= 0.3 is 0 Å². The van der Waals surface area contributed by atoms with Crippen LogP contribution in [0.25, 0.3) is 0 Å². The molecule has 0 saturated carbocycles. The highest BCUT2D eigenvalue weighted by molar-refractivity contribution is 5.58. The molecule has 1 unspecified atom stereocenters. The minimum Gasteiger partial charge on any atom is -0.497 e. The Kier molecular flexibility index (Phi) is 1.72. The summed E-state index contributed by atoms with van der Waals surface area (Å²) in [6.45, 7) is 2.01. The van der Waals surface area contributed by atoms with Crippen LogP contribution in [-0.2, 0) is 4.74 Å². The smallest absolute Gasteiger partial charge is 0.136 e. The van der Waals surface area contributed by atoms with Crippen LogP contribution in [0.4, 0.5) is 0 Å². The van der Waals surface area contributed by atoms with Gasteiger partial charge in [0, 0.05) is 0 Å². The molecule has 0 amide bonds. The van der Waals surface area contributed by atoms with Crippen molar-refractivity contribution in [2.75, 3.05) is 7.11 Å². The first-order valence-electron chi connectivity index (χ1n) is 2.86. The maximum Gasteiger partial charge on any atom is 0.136 e. The molecule has 0 bridgehead atoms. The molecule has 0 aromatic rings. The molecule has 50 valence electrons. The Balaban J connectivity index is 2.63. The van der Waals surface area contributed by atoms with Crippen LogP contribution in [-0.4, -0.2) is 19.5 Å². The van der Waals surface area contributed by atoms with Gasteiger partial charge in [-0.1, -0.05) is 0 Å². The van der Waals surface area contributed by atoms with E-state index in [1.807, 2.05) is 6.92 Å². The molecular formula is C6H10N2O. The lowest BCUT2D eigenvalue weighted by molar-refractivity contribution is 0.261. The quantitative estimate of drug-likeness (QED) is 0.555. The highest BCUT2D eigenvalue weighted by atomic mass is 16.5. The van der Waals surface area contributed by atoms with Crippen LogP contribution in [0.2, 0.25) is 0 Å². The SMILES string of the molecule is COC1=CN=CNC1C. The lowest BCUT2D eigenvalue weighted by Crippen LogP contribution is -2.29. The van der Waals surface area contributed by atoms with Crippen molar-refractivity contribution in [3.63, 3.8) is 0 Å². The van der Waals surface area contributed by atoms with E-state index in [-0.39, 0.29) is 6.04 Å². The molecule has 1 aliphatic rings. The molecule has 0 saturated heterocycles. The van der Waals surface area contributed by atoms with Crippen molar-refractivity contribution < 1.29 is 4.74 Å². The van der Waals surface area contributed by atoms with E-state index in [0.717, 1.165) is 5.76 Å². The van der Waals surface area contributed by atoms with Gasteiger partial charge in [0.15, 0.2) is 0 Å². The third kappa shape index (κ3) is 1.22. The summed E-state index contributed by atoms with van der Waals surface area (Å²) in [7, 11) is 1.64. The Bertz CT molecular complexity index is 151. The number of nitrogens with one attached hydrogen (secondary N) is 1. The largest absolute Gasteiger partial charge is 0.497 e. The lowest BCUT2D eigenvalue weighted by atomic mass is 10.3. The van der Waals surface area contributed by atoms with E-state index in [9.17, 15) is 0 Å². The van der Waals surface area contributed by atoms with Crippen molar-refractivity contribution in [2.45, 2.75) is 13.0 Å². The second kappa shape index (κ2) is 2.53. The third-order valence-corrected chi connectivity index (χ3v) is 1.26. The van der Waals surface area contributed by atoms with E-state index >= 15 is 0 Å². The van der Waals surface area contributed by atoms with E-state index in [1.165, 1.54) is 0 Å². The van der Waals surface area contributed by atoms with Crippen molar-refractivity contribution in [1.29, 1.82) is 0 Å². The Morgan fingerprint density at radius 3 is 3.00 bits per heavy atom. The van der Waals surface area contributed by atoms with Gasteiger partial charge in [-0.15, -0.1) is 0 Å². The van der Waals surface area contributed by atoms with E-state index in [4.69, 9.17) is 4.74 Å². The third-order valence-electron chi connectivity index (χ3n) is 1.26. The van der Waals surface area contributed by atoms with Crippen molar-refractivity contribution >= 4 is 6.34 Å². The molecule has 3 heteroatoms. The summed E-state index contributed by atoms with van der Waals surface area (Å²) in [4.78, 5) is 3.86. The molecule has 1 heterocycles. The van der Waals surface area contributed by atoms with Gasteiger partial charge < -0.3 is 10.1 Å². The first kappa shape index (κ1) is 6.13. The molecule has 0 aromatic carbocycles. The summed E-state index contributed by atoms with van der Waals surface area (Å²) < 4.78 is 4.99. The number of methoxy groups -OCH3 is 1. The average molecular weight is 126 g/mol. The van der Waals surface area contributed by atoms with Crippen molar-refractivity contribution in [2.24, 2.45) is 4.99 Å². The predicted molar refractivity (Wildman–Crippen MR) is 36.2 cm³/mol. The number of hydrogen-bond donors (Lipinski definition) is 1. The molecule has 1 rings (SSSR count). The Morgan fingerprint density at radius 2 is 2.56 bits per heavy atom. The van der Waals surface area contributed by atoms with E-state index < -0.39 is 0 Å². The Hall–Kier alpha value is -0.990. The van der Waals surface area contributed by atoms with Gasteiger partial charge in [0.2, 0.25) is 0 Å². The fraction of sp³-hybridized carbons (Fsp3) is 0.500. The van der Waals surface area contributed by atoms with Crippen LogP contribution in [0, 0.1) is 0 Å². The molecule has 3 nitrogen and oxygen atoms in total. The molecule has 1 atom stereocenters. The number of nitrogens with zero attached hydrogens (tertiary/aromatic N) is 1. The van der Waals surface area contributed by atoms with Gasteiger partial charge in [-0.3, -0.25) is 0 Å². The van der Waals surface area contributed by atoms with Crippen LogP contribution in [0.15, 0.2) is 17.0 Å². The predicted octanol–water partition coefficient (Wildman–Crippen LogP) is 0.494. The second-order valence-corrected chi connectivity index (χ2v) is 1.90. The summed E-state index contributed by atoms with van der Waals surface area (Å²) in [6, 6.07) is 0.257. The van der Waals surface area contributed by atoms with E-state index in [0.29, 0.717) is 0 Å². The van der Waals surface area contributed by atoms with Crippen LogP contribution < -0.4 is 5.32 Å². The highest BCUT2D eigenvalue weighted by Crippen LogP contribution is 2.04. The topological polar surface area (TPSA) is 33.6 Å². The molecule has 0 radical (unpaired) electrons. The number of aliphatic imine (C=N–C) groups is 1.